The van der Waals surface area contributed by atoms with Gasteiger partial charge in [-0.15, -0.1) is 11.8 Å². The van der Waals surface area contributed by atoms with Crippen LogP contribution < -0.4 is 0 Å². The van der Waals surface area contributed by atoms with E-state index in [0.717, 1.165) is 25.4 Å². The summed E-state index contributed by atoms with van der Waals surface area (Å²) >= 11 is 1.90. The monoisotopic (exact) mass is 561 g/mol. The molecule has 0 N–H and O–H groups in total. The molecule has 2 rings (SSSR count). The molecule has 0 amide bonds. The fraction of sp³-hybridized carbons (Fsp3) is 0.765. The zero-order chi connectivity index (χ0) is 27.8. The highest BCUT2D eigenvalue weighted by atomic mass is 32.2. The smallest absolute Gasteiger partial charge is 0.104 e. The predicted molar refractivity (Wildman–Crippen MR) is 169 cm³/mol. The molecule has 224 valence electrons. The lowest BCUT2D eigenvalue weighted by Gasteiger charge is -2.17. The zero-order valence-corrected chi connectivity index (χ0v) is 26.4. The van der Waals surface area contributed by atoms with E-state index in [1.165, 1.54) is 112 Å². The number of thioether (sulfide) groups is 1. The summed E-state index contributed by atoms with van der Waals surface area (Å²) < 4.78 is 17.4. The van der Waals surface area contributed by atoms with E-state index < -0.39 is 0 Å². The molecular weight excluding hydrogens is 502 g/mol. The van der Waals surface area contributed by atoms with Crippen LogP contribution in [0.5, 0.6) is 0 Å². The Balaban J connectivity index is 1.37. The molecule has 0 aromatic heterocycles. The van der Waals surface area contributed by atoms with Gasteiger partial charge in [0, 0.05) is 26.5 Å². The molecule has 0 bridgehead atoms. The van der Waals surface area contributed by atoms with Crippen LogP contribution >= 0.6 is 11.8 Å². The van der Waals surface area contributed by atoms with Crippen LogP contribution in [0.2, 0.25) is 0 Å². The number of methoxy groups -OCH3 is 1. The van der Waals surface area contributed by atoms with Crippen molar-refractivity contribution in [3.63, 3.8) is 0 Å². The molecule has 1 aromatic carbocycles. The Morgan fingerprint density at radius 3 is 1.90 bits per heavy atom. The molecule has 5 heteroatoms. The lowest BCUT2D eigenvalue weighted by molar-refractivity contribution is -0.0451. The minimum Gasteiger partial charge on any atom is -0.379 e. The first-order valence-corrected chi connectivity index (χ1v) is 17.0. The summed E-state index contributed by atoms with van der Waals surface area (Å²) in [4.78, 5) is 3.74. The first kappa shape index (κ1) is 34.2. The Bertz CT molecular complexity index is 741. The number of rotatable bonds is 26. The van der Waals surface area contributed by atoms with Crippen LogP contribution in [0.1, 0.15) is 128 Å². The van der Waals surface area contributed by atoms with Crippen LogP contribution in [-0.4, -0.2) is 43.8 Å². The van der Waals surface area contributed by atoms with Crippen LogP contribution in [0.3, 0.4) is 0 Å². The van der Waals surface area contributed by atoms with Crippen LogP contribution in [-0.2, 0) is 27.4 Å². The quantitative estimate of drug-likeness (QED) is 0.105. The standard InChI is InChI=1S/C34H59NO3S/c1-4-5-6-7-8-9-10-11-12-13-14-15-16-17-18-19-23-37-28-34(36-3)29-38-27-33-22-20-21-32(24-33)26-35-25-31(2)39-30-35/h20-22,24-25,34H,4-19,23,26-30H2,1-3H3. The van der Waals surface area contributed by atoms with E-state index in [9.17, 15) is 0 Å². The first-order valence-electron chi connectivity index (χ1n) is 16.0. The number of allylic oxidation sites excluding steroid dienone is 1. The fourth-order valence-electron chi connectivity index (χ4n) is 5.12. The molecule has 1 heterocycles. The lowest BCUT2D eigenvalue weighted by Crippen LogP contribution is -2.24. The lowest BCUT2D eigenvalue weighted by atomic mass is 10.0. The molecule has 1 unspecified atom stereocenters. The molecule has 0 radical (unpaired) electrons. The van der Waals surface area contributed by atoms with Crippen molar-refractivity contribution in [3.8, 4) is 0 Å². The summed E-state index contributed by atoms with van der Waals surface area (Å²) in [5, 5.41) is 0. The Hall–Kier alpha value is -1.01. The van der Waals surface area contributed by atoms with Gasteiger partial charge in [0.2, 0.25) is 0 Å². The van der Waals surface area contributed by atoms with Gasteiger partial charge in [0.05, 0.1) is 25.7 Å². The number of hydrogen-bond donors (Lipinski definition) is 0. The van der Waals surface area contributed by atoms with Crippen LogP contribution in [0.25, 0.3) is 0 Å². The van der Waals surface area contributed by atoms with Crippen molar-refractivity contribution in [2.75, 3.05) is 32.8 Å². The predicted octanol–water partition coefficient (Wildman–Crippen LogP) is 9.86. The van der Waals surface area contributed by atoms with Gasteiger partial charge in [0.25, 0.3) is 0 Å². The highest BCUT2D eigenvalue weighted by molar-refractivity contribution is 8.03. The van der Waals surface area contributed by atoms with Crippen molar-refractivity contribution < 1.29 is 14.2 Å². The summed E-state index contributed by atoms with van der Waals surface area (Å²) in [6.07, 6.45) is 24.5. The minimum absolute atomic E-state index is 0.0102. The molecule has 0 fully saturated rings. The van der Waals surface area contributed by atoms with E-state index in [1.54, 1.807) is 7.11 Å². The molecule has 0 saturated heterocycles. The Kier molecular flexibility index (Phi) is 20.8. The SMILES string of the molecule is CCCCCCCCCCCCCCCCCCOCC(COCc1cccc(CN2C=C(C)SC2)c1)OC. The van der Waals surface area contributed by atoms with Gasteiger partial charge < -0.3 is 19.1 Å². The molecule has 1 aliphatic rings. The van der Waals surface area contributed by atoms with Gasteiger partial charge in [-0.2, -0.15) is 0 Å². The number of nitrogens with zero attached hydrogens (tertiary/aromatic N) is 1. The number of unbranched alkanes of at least 4 members (excludes halogenated alkanes) is 15. The van der Waals surface area contributed by atoms with Gasteiger partial charge in [-0.1, -0.05) is 128 Å². The van der Waals surface area contributed by atoms with Crippen molar-refractivity contribution in [2.45, 2.75) is 136 Å². The first-order chi connectivity index (χ1) is 19.2. The summed E-state index contributed by atoms with van der Waals surface area (Å²) in [7, 11) is 1.75. The van der Waals surface area contributed by atoms with Gasteiger partial charge in [0.1, 0.15) is 6.10 Å². The van der Waals surface area contributed by atoms with Crippen molar-refractivity contribution in [1.29, 1.82) is 0 Å². The second kappa shape index (κ2) is 23.7. The highest BCUT2D eigenvalue weighted by Gasteiger charge is 2.11. The van der Waals surface area contributed by atoms with Crippen molar-refractivity contribution in [2.24, 2.45) is 0 Å². The topological polar surface area (TPSA) is 30.9 Å². The van der Waals surface area contributed by atoms with Crippen molar-refractivity contribution in [3.05, 3.63) is 46.5 Å². The summed E-state index contributed by atoms with van der Waals surface area (Å²) in [5.74, 6) is 1.04. The maximum absolute atomic E-state index is 5.97. The third-order valence-electron chi connectivity index (χ3n) is 7.55. The Morgan fingerprint density at radius 2 is 1.33 bits per heavy atom. The molecule has 39 heavy (non-hydrogen) atoms. The van der Waals surface area contributed by atoms with E-state index in [4.69, 9.17) is 14.2 Å². The molecular formula is C34H59NO3S. The second-order valence-electron chi connectivity index (χ2n) is 11.3. The van der Waals surface area contributed by atoms with Gasteiger partial charge in [-0.05, 0) is 29.4 Å². The second-order valence-corrected chi connectivity index (χ2v) is 12.5. The Morgan fingerprint density at radius 1 is 0.769 bits per heavy atom. The van der Waals surface area contributed by atoms with E-state index in [-0.39, 0.29) is 6.10 Å². The van der Waals surface area contributed by atoms with Crippen LogP contribution in [0.4, 0.5) is 0 Å². The van der Waals surface area contributed by atoms with Crippen molar-refractivity contribution in [1.82, 2.24) is 4.90 Å². The average Bonchev–Trinajstić information content (AvgIpc) is 3.35. The van der Waals surface area contributed by atoms with E-state index in [2.05, 4.69) is 49.2 Å². The molecule has 1 atom stereocenters. The summed E-state index contributed by atoms with van der Waals surface area (Å²) in [5.41, 5.74) is 2.54. The molecule has 1 aromatic rings. The molecule has 1 aliphatic heterocycles. The fourth-order valence-corrected chi connectivity index (χ4v) is 5.88. The average molecular weight is 562 g/mol. The zero-order valence-electron chi connectivity index (χ0n) is 25.6. The largest absolute Gasteiger partial charge is 0.379 e. The summed E-state index contributed by atoms with van der Waals surface area (Å²) in [6, 6.07) is 8.71. The number of benzene rings is 1. The minimum atomic E-state index is -0.0102. The molecule has 0 spiro atoms. The van der Waals surface area contributed by atoms with Crippen LogP contribution in [0.15, 0.2) is 35.4 Å². The molecule has 0 saturated carbocycles. The Labute approximate surface area is 245 Å². The van der Waals surface area contributed by atoms with E-state index in [0.29, 0.717) is 19.8 Å². The number of hydrogen-bond acceptors (Lipinski definition) is 5. The normalized spacial score (nSPS) is 14.2. The van der Waals surface area contributed by atoms with E-state index in [1.807, 2.05) is 11.8 Å². The van der Waals surface area contributed by atoms with Gasteiger partial charge in [0.15, 0.2) is 0 Å². The maximum Gasteiger partial charge on any atom is 0.104 e. The third kappa shape index (κ3) is 18.1. The molecule has 0 aliphatic carbocycles. The van der Waals surface area contributed by atoms with Gasteiger partial charge in [-0.25, -0.2) is 0 Å². The van der Waals surface area contributed by atoms with Gasteiger partial charge >= 0.3 is 0 Å². The van der Waals surface area contributed by atoms with E-state index >= 15 is 0 Å². The van der Waals surface area contributed by atoms with Gasteiger partial charge in [-0.3, -0.25) is 0 Å². The highest BCUT2D eigenvalue weighted by Crippen LogP contribution is 2.26. The number of ether oxygens (including phenoxy) is 3. The summed E-state index contributed by atoms with van der Waals surface area (Å²) in [6.45, 7) is 8.01. The third-order valence-corrected chi connectivity index (χ3v) is 8.57. The van der Waals surface area contributed by atoms with Crippen molar-refractivity contribution >= 4 is 11.8 Å². The van der Waals surface area contributed by atoms with Crippen LogP contribution in [0, 0.1) is 0 Å². The molecule has 4 nitrogen and oxygen atoms in total. The maximum atomic E-state index is 5.97.